The molecule has 1 aromatic carbocycles. The predicted octanol–water partition coefficient (Wildman–Crippen LogP) is 2.98. The number of hydrogen-bond acceptors (Lipinski definition) is 3. The van der Waals surface area contributed by atoms with E-state index < -0.39 is 0 Å². The number of ether oxygens (including phenoxy) is 2. The van der Waals surface area contributed by atoms with E-state index in [-0.39, 0.29) is 30.2 Å². The molecule has 0 radical (unpaired) electrons. The Morgan fingerprint density at radius 2 is 2.33 bits per heavy atom. The smallest absolute Gasteiger partial charge is 0.321 e. The van der Waals surface area contributed by atoms with Gasteiger partial charge in [0.05, 0.1) is 6.10 Å². The van der Waals surface area contributed by atoms with E-state index in [2.05, 4.69) is 25.1 Å². The van der Waals surface area contributed by atoms with E-state index in [9.17, 15) is 4.79 Å². The van der Waals surface area contributed by atoms with Crippen LogP contribution in [0, 0.1) is 23.7 Å². The van der Waals surface area contributed by atoms with Gasteiger partial charge in [-0.25, -0.2) is 4.79 Å². The second-order valence-corrected chi connectivity index (χ2v) is 7.07. The summed E-state index contributed by atoms with van der Waals surface area (Å²) in [6.45, 7) is 5.33. The van der Waals surface area contributed by atoms with Gasteiger partial charge in [-0.1, -0.05) is 25.8 Å². The molecule has 0 bridgehead atoms. The number of terminal acetylenes is 1. The lowest BCUT2D eigenvalue weighted by atomic mass is 9.57. The fraction of sp³-hybridized carbons (Fsp3) is 0.526. The van der Waals surface area contributed by atoms with Crippen LogP contribution < -0.4 is 10.1 Å². The largest absolute Gasteiger partial charge is 0.481 e. The van der Waals surface area contributed by atoms with Crippen LogP contribution in [0.2, 0.25) is 0 Å². The number of carbonyl (C=O) groups excluding carboxylic acids is 1. The average molecular weight is 328 g/mol. The van der Waals surface area contributed by atoms with Crippen molar-refractivity contribution in [3.8, 4) is 18.1 Å². The van der Waals surface area contributed by atoms with Gasteiger partial charge in [-0.3, -0.25) is 0 Å². The van der Waals surface area contributed by atoms with Gasteiger partial charge in [0, 0.05) is 42.8 Å². The van der Waals surface area contributed by atoms with E-state index in [1.54, 1.807) is 6.07 Å². The maximum atomic E-state index is 12.6. The zero-order valence-corrected chi connectivity index (χ0v) is 14.4. The summed E-state index contributed by atoms with van der Waals surface area (Å²) in [4.78, 5) is 14.5. The summed E-state index contributed by atoms with van der Waals surface area (Å²) < 4.78 is 11.2. The van der Waals surface area contributed by atoms with Crippen LogP contribution in [0.4, 0.5) is 10.5 Å². The van der Waals surface area contributed by atoms with Gasteiger partial charge in [-0.05, 0) is 18.6 Å². The molecule has 3 unspecified atom stereocenters. The first-order valence-electron chi connectivity index (χ1n) is 8.27. The highest BCUT2D eigenvalue weighted by molar-refractivity contribution is 5.89. The van der Waals surface area contributed by atoms with E-state index in [1.807, 2.05) is 30.1 Å². The number of fused-ring (bicyclic) bond motifs is 1. The lowest BCUT2D eigenvalue weighted by Crippen LogP contribution is -2.67. The summed E-state index contributed by atoms with van der Waals surface area (Å²) in [7, 11) is 1.86. The number of nitrogens with zero attached hydrogens (tertiary/aromatic N) is 1. The van der Waals surface area contributed by atoms with Crippen molar-refractivity contribution in [1.82, 2.24) is 4.90 Å². The zero-order valence-electron chi connectivity index (χ0n) is 14.4. The lowest BCUT2D eigenvalue weighted by molar-refractivity contribution is -0.137. The lowest BCUT2D eigenvalue weighted by Gasteiger charge is -2.57. The number of urea groups is 1. The molecule has 128 valence electrons. The van der Waals surface area contributed by atoms with Crippen molar-refractivity contribution in [1.29, 1.82) is 0 Å². The van der Waals surface area contributed by atoms with Crippen LogP contribution in [-0.4, -0.2) is 43.3 Å². The summed E-state index contributed by atoms with van der Waals surface area (Å²) in [6, 6.07) is 7.32. The quantitative estimate of drug-likeness (QED) is 0.865. The van der Waals surface area contributed by atoms with E-state index in [1.165, 1.54) is 0 Å². The number of nitrogens with one attached hydrogen (secondary N) is 1. The van der Waals surface area contributed by atoms with Gasteiger partial charge in [0.1, 0.15) is 12.4 Å². The van der Waals surface area contributed by atoms with Crippen molar-refractivity contribution >= 4 is 11.7 Å². The molecule has 0 spiro atoms. The van der Waals surface area contributed by atoms with Gasteiger partial charge < -0.3 is 19.7 Å². The van der Waals surface area contributed by atoms with Crippen molar-refractivity contribution in [2.75, 3.05) is 25.6 Å². The minimum Gasteiger partial charge on any atom is -0.481 e. The van der Waals surface area contributed by atoms with Crippen LogP contribution in [-0.2, 0) is 4.74 Å². The molecular formula is C19H24N2O3. The first-order chi connectivity index (χ1) is 11.4. The Labute approximate surface area is 143 Å². The molecule has 1 saturated carbocycles. The van der Waals surface area contributed by atoms with Crippen LogP contribution in [0.15, 0.2) is 24.3 Å². The Morgan fingerprint density at radius 3 is 3.08 bits per heavy atom. The summed E-state index contributed by atoms with van der Waals surface area (Å²) in [5, 5.41) is 2.94. The summed E-state index contributed by atoms with van der Waals surface area (Å²) in [5.41, 5.74) is 0.670. The van der Waals surface area contributed by atoms with Crippen LogP contribution in [0.5, 0.6) is 5.75 Å². The molecule has 2 amide bonds. The second-order valence-electron chi connectivity index (χ2n) is 7.07. The van der Waals surface area contributed by atoms with Gasteiger partial charge in [0.15, 0.2) is 0 Å². The number of anilines is 1. The minimum absolute atomic E-state index is 0.0228. The molecule has 1 aliphatic heterocycles. The second kappa shape index (κ2) is 6.37. The fourth-order valence-electron chi connectivity index (χ4n) is 4.21. The maximum Gasteiger partial charge on any atom is 0.321 e. The molecule has 3 rings (SSSR count). The monoisotopic (exact) mass is 328 g/mol. The molecule has 2 fully saturated rings. The van der Waals surface area contributed by atoms with E-state index in [0.29, 0.717) is 17.4 Å². The molecule has 1 aromatic rings. The first-order valence-corrected chi connectivity index (χ1v) is 8.27. The fourth-order valence-corrected chi connectivity index (χ4v) is 4.21. The number of carbonyl (C=O) groups is 1. The zero-order chi connectivity index (χ0) is 17.3. The van der Waals surface area contributed by atoms with Crippen molar-refractivity contribution in [3.63, 3.8) is 0 Å². The summed E-state index contributed by atoms with van der Waals surface area (Å²) in [6.07, 6.45) is 6.48. The number of amides is 2. The molecule has 1 heterocycles. The number of rotatable bonds is 4. The third kappa shape index (κ3) is 2.83. The molecular weight excluding hydrogens is 304 g/mol. The number of hydrogen-bond donors (Lipinski definition) is 1. The van der Waals surface area contributed by atoms with Crippen molar-refractivity contribution in [2.45, 2.75) is 32.4 Å². The Hall–Kier alpha value is -2.19. The Bertz CT molecular complexity index is 665. The summed E-state index contributed by atoms with van der Waals surface area (Å²) in [5.74, 6) is 3.50. The van der Waals surface area contributed by atoms with Crippen molar-refractivity contribution in [2.24, 2.45) is 11.3 Å². The van der Waals surface area contributed by atoms with E-state index in [4.69, 9.17) is 15.9 Å². The Morgan fingerprint density at radius 1 is 1.54 bits per heavy atom. The molecule has 1 saturated heterocycles. The molecule has 24 heavy (non-hydrogen) atoms. The van der Waals surface area contributed by atoms with Gasteiger partial charge in [0.2, 0.25) is 0 Å². The standard InChI is InChI=1S/C19H24N2O3/c1-5-10-23-14-8-6-7-13(12-14)20-18(22)21(4)16-15-9-11-24-17(15)19(16,2)3/h1,6-8,12,15-17H,9-11H2,2-4H3,(H,20,22). The molecule has 2 aliphatic rings. The van der Waals surface area contributed by atoms with E-state index >= 15 is 0 Å². The average Bonchev–Trinajstić information content (AvgIpc) is 2.99. The molecule has 3 atom stereocenters. The number of benzene rings is 1. The third-order valence-electron chi connectivity index (χ3n) is 5.18. The van der Waals surface area contributed by atoms with Gasteiger partial charge >= 0.3 is 6.03 Å². The molecule has 5 heteroatoms. The van der Waals surface area contributed by atoms with Crippen LogP contribution in [0.1, 0.15) is 20.3 Å². The van der Waals surface area contributed by atoms with E-state index in [0.717, 1.165) is 13.0 Å². The molecule has 5 nitrogen and oxygen atoms in total. The molecule has 1 N–H and O–H groups in total. The maximum absolute atomic E-state index is 12.6. The topological polar surface area (TPSA) is 50.8 Å². The van der Waals surface area contributed by atoms with Gasteiger partial charge in [-0.15, -0.1) is 6.42 Å². The van der Waals surface area contributed by atoms with Crippen LogP contribution in [0.25, 0.3) is 0 Å². The predicted molar refractivity (Wildman–Crippen MR) is 93.0 cm³/mol. The Balaban J connectivity index is 1.66. The minimum atomic E-state index is -0.118. The normalized spacial score (nSPS) is 26.7. The van der Waals surface area contributed by atoms with Crippen molar-refractivity contribution in [3.05, 3.63) is 24.3 Å². The molecule has 1 aliphatic carbocycles. The van der Waals surface area contributed by atoms with Gasteiger partial charge in [0.25, 0.3) is 0 Å². The van der Waals surface area contributed by atoms with Crippen LogP contribution in [0.3, 0.4) is 0 Å². The first kappa shape index (κ1) is 16.7. The molecule has 0 aromatic heterocycles. The van der Waals surface area contributed by atoms with Crippen molar-refractivity contribution < 1.29 is 14.3 Å². The highest BCUT2D eigenvalue weighted by atomic mass is 16.5. The Kier molecular flexibility index (Phi) is 4.42. The highest BCUT2D eigenvalue weighted by Crippen LogP contribution is 2.54. The third-order valence-corrected chi connectivity index (χ3v) is 5.18. The summed E-state index contributed by atoms with van der Waals surface area (Å²) >= 11 is 0. The van der Waals surface area contributed by atoms with Gasteiger partial charge in [-0.2, -0.15) is 0 Å². The highest BCUT2D eigenvalue weighted by Gasteiger charge is 2.61. The van der Waals surface area contributed by atoms with Crippen LogP contribution >= 0.6 is 0 Å². The SMILES string of the molecule is C#CCOc1cccc(NC(=O)N(C)C2C3CCOC3C2(C)C)c1.